The fourth-order valence-electron chi connectivity index (χ4n) is 1.87. The molecule has 2 rings (SSSR count). The van der Waals surface area contributed by atoms with E-state index >= 15 is 0 Å². The van der Waals surface area contributed by atoms with E-state index in [0.717, 1.165) is 5.56 Å². The van der Waals surface area contributed by atoms with Crippen molar-refractivity contribution in [3.05, 3.63) is 62.6 Å². The zero-order valence-electron chi connectivity index (χ0n) is 10.8. The maximum atomic E-state index is 8.80. The molecular formula is C14H12Cl3N3O. The minimum atomic E-state index is 0.0423. The molecule has 0 bridgehead atoms. The Labute approximate surface area is 137 Å². The predicted octanol–water partition coefficient (Wildman–Crippen LogP) is 4.35. The lowest BCUT2D eigenvalue weighted by Crippen LogP contribution is -2.16. The quantitative estimate of drug-likeness (QED) is 0.334. The fourth-order valence-corrected chi connectivity index (χ4v) is 2.82. The van der Waals surface area contributed by atoms with Crippen LogP contribution in [-0.4, -0.2) is 11.0 Å². The lowest BCUT2D eigenvalue weighted by Gasteiger charge is -2.13. The van der Waals surface area contributed by atoms with Crippen LogP contribution in [0.15, 0.2) is 41.6 Å². The molecule has 0 aliphatic rings. The third-order valence-electron chi connectivity index (χ3n) is 2.86. The zero-order chi connectivity index (χ0) is 15.4. The predicted molar refractivity (Wildman–Crippen MR) is 87.8 cm³/mol. The number of nitrogens with one attached hydrogen (secondary N) is 1. The van der Waals surface area contributed by atoms with Crippen molar-refractivity contribution in [3.8, 4) is 0 Å². The van der Waals surface area contributed by atoms with Gasteiger partial charge in [-0.2, -0.15) is 0 Å². The molecule has 7 heteroatoms. The van der Waals surface area contributed by atoms with E-state index in [4.69, 9.17) is 45.7 Å². The van der Waals surface area contributed by atoms with Gasteiger partial charge >= 0.3 is 0 Å². The van der Waals surface area contributed by atoms with E-state index in [2.05, 4.69) is 10.5 Å². The number of hydrogen-bond donors (Lipinski definition) is 3. The second-order valence-corrected chi connectivity index (χ2v) is 5.49. The van der Waals surface area contributed by atoms with Crippen molar-refractivity contribution < 1.29 is 5.21 Å². The summed E-state index contributed by atoms with van der Waals surface area (Å²) in [5, 5.41) is 16.3. The molecule has 2 aromatic rings. The van der Waals surface area contributed by atoms with Gasteiger partial charge in [0.2, 0.25) is 0 Å². The molecule has 4 N–H and O–H groups in total. The topological polar surface area (TPSA) is 70.6 Å². The first-order valence-corrected chi connectivity index (χ1v) is 7.10. The Hall–Kier alpha value is -1.62. The molecular weight excluding hydrogens is 333 g/mol. The van der Waals surface area contributed by atoms with Crippen LogP contribution in [0.1, 0.15) is 11.1 Å². The lowest BCUT2D eigenvalue weighted by molar-refractivity contribution is 0.318. The van der Waals surface area contributed by atoms with Crippen molar-refractivity contribution >= 4 is 46.3 Å². The van der Waals surface area contributed by atoms with Crippen LogP contribution in [0, 0.1) is 0 Å². The highest BCUT2D eigenvalue weighted by Gasteiger charge is 2.10. The largest absolute Gasteiger partial charge is 0.409 e. The SMILES string of the molecule is NC(=NO)c1ccccc1CNc1c(Cl)cc(Cl)cc1Cl. The van der Waals surface area contributed by atoms with Gasteiger partial charge < -0.3 is 16.3 Å². The van der Waals surface area contributed by atoms with Gasteiger partial charge in [0.25, 0.3) is 0 Å². The van der Waals surface area contributed by atoms with Crippen LogP contribution in [0.2, 0.25) is 15.1 Å². The van der Waals surface area contributed by atoms with Crippen LogP contribution in [-0.2, 0) is 6.54 Å². The maximum absolute atomic E-state index is 8.80. The van der Waals surface area contributed by atoms with Gasteiger partial charge in [0.1, 0.15) is 0 Å². The molecule has 2 aromatic carbocycles. The van der Waals surface area contributed by atoms with Crippen molar-refractivity contribution in [2.45, 2.75) is 6.54 Å². The van der Waals surface area contributed by atoms with Crippen LogP contribution in [0.3, 0.4) is 0 Å². The van der Waals surface area contributed by atoms with E-state index in [9.17, 15) is 0 Å². The Bertz CT molecular complexity index is 666. The molecule has 0 atom stereocenters. The van der Waals surface area contributed by atoms with Crippen LogP contribution in [0.5, 0.6) is 0 Å². The van der Waals surface area contributed by atoms with Crippen LogP contribution in [0.4, 0.5) is 5.69 Å². The number of amidine groups is 1. The van der Waals surface area contributed by atoms with E-state index < -0.39 is 0 Å². The molecule has 0 amide bonds. The van der Waals surface area contributed by atoms with Gasteiger partial charge in [0, 0.05) is 17.1 Å². The summed E-state index contributed by atoms with van der Waals surface area (Å²) >= 11 is 18.1. The van der Waals surface area contributed by atoms with E-state index in [1.165, 1.54) is 0 Å². The van der Waals surface area contributed by atoms with Gasteiger partial charge in [-0.1, -0.05) is 64.2 Å². The lowest BCUT2D eigenvalue weighted by atomic mass is 10.1. The summed E-state index contributed by atoms with van der Waals surface area (Å²) in [6, 6.07) is 10.5. The summed E-state index contributed by atoms with van der Waals surface area (Å²) in [5.74, 6) is 0.0423. The third-order valence-corrected chi connectivity index (χ3v) is 3.68. The highest BCUT2D eigenvalue weighted by atomic mass is 35.5. The van der Waals surface area contributed by atoms with Crippen molar-refractivity contribution in [3.63, 3.8) is 0 Å². The minimum Gasteiger partial charge on any atom is -0.409 e. The molecule has 21 heavy (non-hydrogen) atoms. The number of halogens is 3. The van der Waals surface area contributed by atoms with Crippen molar-refractivity contribution in [1.82, 2.24) is 0 Å². The summed E-state index contributed by atoms with van der Waals surface area (Å²) in [7, 11) is 0. The van der Waals surface area contributed by atoms with Gasteiger partial charge in [-0.3, -0.25) is 0 Å². The van der Waals surface area contributed by atoms with Gasteiger partial charge in [0.15, 0.2) is 5.84 Å². The molecule has 4 nitrogen and oxygen atoms in total. The molecule has 0 unspecified atom stereocenters. The number of rotatable bonds is 4. The number of benzene rings is 2. The Morgan fingerprint density at radius 2 is 1.76 bits per heavy atom. The van der Waals surface area contributed by atoms with Crippen LogP contribution < -0.4 is 11.1 Å². The fraction of sp³-hybridized carbons (Fsp3) is 0.0714. The highest BCUT2D eigenvalue weighted by molar-refractivity contribution is 6.41. The Kier molecular flexibility index (Phi) is 5.17. The van der Waals surface area contributed by atoms with E-state index in [-0.39, 0.29) is 5.84 Å². The second kappa shape index (κ2) is 6.89. The monoisotopic (exact) mass is 343 g/mol. The highest BCUT2D eigenvalue weighted by Crippen LogP contribution is 2.34. The van der Waals surface area contributed by atoms with Crippen molar-refractivity contribution in [1.29, 1.82) is 0 Å². The van der Waals surface area contributed by atoms with Crippen LogP contribution in [0.25, 0.3) is 0 Å². The standard InChI is InChI=1S/C14H12Cl3N3O/c15-9-5-11(16)13(12(17)6-9)19-7-8-3-1-2-4-10(8)14(18)20-21/h1-6,19,21H,7H2,(H2,18,20). The Morgan fingerprint density at radius 3 is 2.38 bits per heavy atom. The average molecular weight is 345 g/mol. The number of hydrogen-bond acceptors (Lipinski definition) is 3. The number of nitrogens with zero attached hydrogens (tertiary/aromatic N) is 1. The third kappa shape index (κ3) is 3.73. The van der Waals surface area contributed by atoms with Gasteiger partial charge in [0.05, 0.1) is 15.7 Å². The molecule has 0 fully saturated rings. The van der Waals surface area contributed by atoms with Crippen molar-refractivity contribution in [2.75, 3.05) is 5.32 Å². The molecule has 0 aromatic heterocycles. The zero-order valence-corrected chi connectivity index (χ0v) is 13.0. The molecule has 0 spiro atoms. The number of anilines is 1. The Morgan fingerprint density at radius 1 is 1.14 bits per heavy atom. The molecule has 110 valence electrons. The molecule has 0 radical (unpaired) electrons. The van der Waals surface area contributed by atoms with E-state index in [1.807, 2.05) is 12.1 Å². The van der Waals surface area contributed by atoms with Gasteiger partial charge in [-0.15, -0.1) is 0 Å². The summed E-state index contributed by atoms with van der Waals surface area (Å²) in [4.78, 5) is 0. The smallest absolute Gasteiger partial charge is 0.170 e. The van der Waals surface area contributed by atoms with E-state index in [0.29, 0.717) is 32.9 Å². The summed E-state index contributed by atoms with van der Waals surface area (Å²) in [5.41, 5.74) is 7.70. The second-order valence-electron chi connectivity index (χ2n) is 4.24. The molecule has 0 saturated carbocycles. The summed E-state index contributed by atoms with van der Waals surface area (Å²) < 4.78 is 0. The van der Waals surface area contributed by atoms with Gasteiger partial charge in [-0.25, -0.2) is 0 Å². The van der Waals surface area contributed by atoms with Crippen molar-refractivity contribution in [2.24, 2.45) is 10.9 Å². The van der Waals surface area contributed by atoms with E-state index in [1.54, 1.807) is 24.3 Å². The maximum Gasteiger partial charge on any atom is 0.170 e. The first-order valence-electron chi connectivity index (χ1n) is 5.97. The average Bonchev–Trinajstić information content (AvgIpc) is 2.45. The van der Waals surface area contributed by atoms with Gasteiger partial charge in [-0.05, 0) is 17.7 Å². The van der Waals surface area contributed by atoms with Crippen LogP contribution >= 0.6 is 34.8 Å². The molecule has 0 heterocycles. The summed E-state index contributed by atoms with van der Waals surface area (Å²) in [6.45, 7) is 0.410. The minimum absolute atomic E-state index is 0.0423. The number of oxime groups is 1. The molecule has 0 saturated heterocycles. The molecule has 0 aliphatic heterocycles. The normalized spacial score (nSPS) is 11.5. The number of nitrogens with two attached hydrogens (primary N) is 1. The first-order chi connectivity index (χ1) is 10.0. The summed E-state index contributed by atoms with van der Waals surface area (Å²) in [6.07, 6.45) is 0. The Balaban J connectivity index is 2.26. The molecule has 0 aliphatic carbocycles. The first kappa shape index (κ1) is 15.8.